The molecule has 18 heavy (non-hydrogen) atoms. The summed E-state index contributed by atoms with van der Waals surface area (Å²) >= 11 is 0. The fourth-order valence-corrected chi connectivity index (χ4v) is 2.37. The molecule has 0 aromatic heterocycles. The second-order valence-electron chi connectivity index (χ2n) is 5.59. The maximum absolute atomic E-state index is 12.5. The van der Waals surface area contributed by atoms with E-state index in [1.54, 1.807) is 18.7 Å². The summed E-state index contributed by atoms with van der Waals surface area (Å²) in [6, 6.07) is 10.1. The van der Waals surface area contributed by atoms with Crippen molar-refractivity contribution in [1.29, 1.82) is 5.26 Å². The van der Waals surface area contributed by atoms with Crippen LogP contribution in [0.25, 0.3) is 0 Å². The van der Waals surface area contributed by atoms with E-state index in [2.05, 4.69) is 19.1 Å². The molecule has 0 bridgehead atoms. The lowest BCUT2D eigenvalue weighted by Gasteiger charge is -2.35. The van der Waals surface area contributed by atoms with Gasteiger partial charge in [0, 0.05) is 12.2 Å². The second kappa shape index (κ2) is 4.45. The van der Waals surface area contributed by atoms with Crippen molar-refractivity contribution < 1.29 is 4.79 Å². The molecular formula is C15H18N2O. The summed E-state index contributed by atoms with van der Waals surface area (Å²) in [6.07, 6.45) is 0.993. The summed E-state index contributed by atoms with van der Waals surface area (Å²) in [5, 5.41) is 9.11. The smallest absolute Gasteiger partial charge is 0.246 e. The highest BCUT2D eigenvalue weighted by Crippen LogP contribution is 2.32. The average Bonchev–Trinajstić information content (AvgIpc) is 2.36. The lowest BCUT2D eigenvalue weighted by atomic mass is 9.89. The Hall–Kier alpha value is -1.82. The van der Waals surface area contributed by atoms with Gasteiger partial charge in [-0.2, -0.15) is 5.26 Å². The Morgan fingerprint density at radius 2 is 2.11 bits per heavy atom. The molecule has 0 radical (unpaired) electrons. The zero-order valence-electron chi connectivity index (χ0n) is 11.1. The van der Waals surface area contributed by atoms with Crippen molar-refractivity contribution in [3.8, 4) is 6.07 Å². The van der Waals surface area contributed by atoms with Crippen molar-refractivity contribution in [2.45, 2.75) is 27.2 Å². The number of carbonyl (C=O) groups excluding carboxylic acids is 1. The SMILES string of the molecule is CC1Cc2ccccc2N(C(=O)C(C)(C)C#N)C1. The van der Waals surface area contributed by atoms with Gasteiger partial charge in [-0.15, -0.1) is 0 Å². The molecule has 1 atom stereocenters. The number of benzene rings is 1. The number of nitriles is 1. The highest BCUT2D eigenvalue weighted by atomic mass is 16.2. The van der Waals surface area contributed by atoms with E-state index in [0.29, 0.717) is 12.5 Å². The predicted octanol–water partition coefficient (Wildman–Crippen LogP) is 2.76. The van der Waals surface area contributed by atoms with Gasteiger partial charge in [0.1, 0.15) is 5.41 Å². The lowest BCUT2D eigenvalue weighted by molar-refractivity contribution is -0.124. The number of hydrogen-bond acceptors (Lipinski definition) is 2. The fraction of sp³-hybridized carbons (Fsp3) is 0.467. The Bertz CT molecular complexity index is 513. The highest BCUT2D eigenvalue weighted by molar-refractivity contribution is 5.99. The van der Waals surface area contributed by atoms with Crippen LogP contribution in [0.5, 0.6) is 0 Å². The van der Waals surface area contributed by atoms with E-state index in [4.69, 9.17) is 5.26 Å². The number of para-hydroxylation sites is 1. The molecule has 1 aromatic rings. The van der Waals surface area contributed by atoms with E-state index in [-0.39, 0.29) is 5.91 Å². The Morgan fingerprint density at radius 1 is 1.44 bits per heavy atom. The lowest BCUT2D eigenvalue weighted by Crippen LogP contribution is -2.45. The molecule has 1 heterocycles. The van der Waals surface area contributed by atoms with Gasteiger partial charge in [-0.1, -0.05) is 25.1 Å². The number of fused-ring (bicyclic) bond motifs is 1. The van der Waals surface area contributed by atoms with E-state index < -0.39 is 5.41 Å². The monoisotopic (exact) mass is 242 g/mol. The van der Waals surface area contributed by atoms with Crippen LogP contribution in [0, 0.1) is 22.7 Å². The number of carbonyl (C=O) groups is 1. The van der Waals surface area contributed by atoms with Gasteiger partial charge in [-0.25, -0.2) is 0 Å². The van der Waals surface area contributed by atoms with E-state index in [0.717, 1.165) is 12.1 Å². The van der Waals surface area contributed by atoms with Gasteiger partial charge in [-0.3, -0.25) is 4.79 Å². The van der Waals surface area contributed by atoms with Crippen LogP contribution in [-0.2, 0) is 11.2 Å². The number of anilines is 1. The first-order chi connectivity index (χ1) is 8.45. The number of rotatable bonds is 1. The molecule has 94 valence electrons. The van der Waals surface area contributed by atoms with Crippen molar-refractivity contribution in [3.63, 3.8) is 0 Å². The van der Waals surface area contributed by atoms with Crippen LogP contribution in [0.1, 0.15) is 26.3 Å². The molecule has 0 fully saturated rings. The van der Waals surface area contributed by atoms with Gasteiger partial charge >= 0.3 is 0 Å². The Labute approximate surface area is 108 Å². The van der Waals surface area contributed by atoms with Crippen LogP contribution in [0.2, 0.25) is 0 Å². The zero-order chi connectivity index (χ0) is 13.3. The summed E-state index contributed by atoms with van der Waals surface area (Å²) in [5.74, 6) is 0.322. The van der Waals surface area contributed by atoms with Gasteiger partial charge in [0.15, 0.2) is 0 Å². The van der Waals surface area contributed by atoms with E-state index in [1.165, 1.54) is 5.56 Å². The van der Waals surface area contributed by atoms with Gasteiger partial charge < -0.3 is 4.90 Å². The van der Waals surface area contributed by atoms with Gasteiger partial charge in [0.2, 0.25) is 5.91 Å². The molecule has 0 saturated carbocycles. The van der Waals surface area contributed by atoms with Crippen molar-refractivity contribution in [3.05, 3.63) is 29.8 Å². The predicted molar refractivity (Wildman–Crippen MR) is 71.1 cm³/mol. The van der Waals surface area contributed by atoms with Crippen LogP contribution in [0.4, 0.5) is 5.69 Å². The second-order valence-corrected chi connectivity index (χ2v) is 5.59. The first kappa shape index (κ1) is 12.6. The van der Waals surface area contributed by atoms with Crippen LogP contribution < -0.4 is 4.90 Å². The van der Waals surface area contributed by atoms with Crippen LogP contribution in [-0.4, -0.2) is 12.5 Å². The van der Waals surface area contributed by atoms with Crippen molar-refractivity contribution in [2.24, 2.45) is 11.3 Å². The molecule has 3 nitrogen and oxygen atoms in total. The molecule has 1 amide bonds. The quantitative estimate of drug-likeness (QED) is 0.760. The van der Waals surface area contributed by atoms with Crippen molar-refractivity contribution >= 4 is 11.6 Å². The molecule has 0 aliphatic carbocycles. The summed E-state index contributed by atoms with van der Waals surface area (Å²) in [6.45, 7) is 6.19. The number of nitrogens with zero attached hydrogens (tertiary/aromatic N) is 2. The van der Waals surface area contributed by atoms with Crippen LogP contribution >= 0.6 is 0 Å². The standard InChI is InChI=1S/C15H18N2O/c1-11-8-12-6-4-5-7-13(12)17(9-11)14(18)15(2,3)10-16/h4-7,11H,8-9H2,1-3H3. The number of hydrogen-bond donors (Lipinski definition) is 0. The first-order valence-electron chi connectivity index (χ1n) is 6.27. The molecule has 2 rings (SSSR count). The Kier molecular flexibility index (Phi) is 3.13. The average molecular weight is 242 g/mol. The molecule has 1 aromatic carbocycles. The van der Waals surface area contributed by atoms with Crippen molar-refractivity contribution in [2.75, 3.05) is 11.4 Å². The van der Waals surface area contributed by atoms with Gasteiger partial charge in [0.25, 0.3) is 0 Å². The van der Waals surface area contributed by atoms with E-state index >= 15 is 0 Å². The number of amides is 1. The first-order valence-corrected chi connectivity index (χ1v) is 6.27. The minimum atomic E-state index is -0.968. The molecule has 0 spiro atoms. The third kappa shape index (κ3) is 2.11. The largest absolute Gasteiger partial charge is 0.311 e. The molecule has 1 unspecified atom stereocenters. The maximum Gasteiger partial charge on any atom is 0.246 e. The van der Waals surface area contributed by atoms with Gasteiger partial charge in [-0.05, 0) is 37.8 Å². The van der Waals surface area contributed by atoms with Crippen molar-refractivity contribution in [1.82, 2.24) is 0 Å². The topological polar surface area (TPSA) is 44.1 Å². The zero-order valence-corrected chi connectivity index (χ0v) is 11.1. The summed E-state index contributed by atoms with van der Waals surface area (Å²) < 4.78 is 0. The third-order valence-corrected chi connectivity index (χ3v) is 3.40. The maximum atomic E-state index is 12.5. The summed E-state index contributed by atoms with van der Waals surface area (Å²) in [5.41, 5.74) is 1.19. The molecule has 0 N–H and O–H groups in total. The summed E-state index contributed by atoms with van der Waals surface area (Å²) in [7, 11) is 0. The molecule has 1 aliphatic rings. The minimum absolute atomic E-state index is 0.107. The Morgan fingerprint density at radius 3 is 2.78 bits per heavy atom. The van der Waals surface area contributed by atoms with Gasteiger partial charge in [0.05, 0.1) is 6.07 Å². The summed E-state index contributed by atoms with van der Waals surface area (Å²) in [4.78, 5) is 14.2. The highest BCUT2D eigenvalue weighted by Gasteiger charge is 2.36. The third-order valence-electron chi connectivity index (χ3n) is 3.40. The van der Waals surface area contributed by atoms with E-state index in [9.17, 15) is 4.79 Å². The Balaban J connectivity index is 2.41. The minimum Gasteiger partial charge on any atom is -0.311 e. The molecule has 1 aliphatic heterocycles. The van der Waals surface area contributed by atoms with E-state index in [1.807, 2.05) is 18.2 Å². The van der Waals surface area contributed by atoms with Crippen LogP contribution in [0.15, 0.2) is 24.3 Å². The van der Waals surface area contributed by atoms with Crippen LogP contribution in [0.3, 0.4) is 0 Å². The molecular weight excluding hydrogens is 224 g/mol. The molecule has 0 saturated heterocycles. The molecule has 3 heteroatoms. The fourth-order valence-electron chi connectivity index (χ4n) is 2.37. The normalized spacial score (nSPS) is 19.0.